The number of nitrogens with two attached hydrogens (primary N) is 1. The molecule has 13 heavy (non-hydrogen) atoms. The minimum Gasteiger partial charge on any atom is -0.330 e. The molecule has 0 atom stereocenters. The highest BCUT2D eigenvalue weighted by Gasteiger charge is 2.24. The zero-order valence-electron chi connectivity index (χ0n) is 9.13. The fourth-order valence-corrected chi connectivity index (χ4v) is 1.65. The summed E-state index contributed by atoms with van der Waals surface area (Å²) in [6.07, 6.45) is 5.36. The first-order valence-electron chi connectivity index (χ1n) is 5.68. The van der Waals surface area contributed by atoms with Crippen molar-refractivity contribution in [1.29, 1.82) is 0 Å². The van der Waals surface area contributed by atoms with E-state index < -0.39 is 0 Å². The zero-order valence-corrected chi connectivity index (χ0v) is 9.13. The molecule has 0 amide bonds. The van der Waals surface area contributed by atoms with Gasteiger partial charge in [0.05, 0.1) is 0 Å². The van der Waals surface area contributed by atoms with Crippen LogP contribution in [0.25, 0.3) is 0 Å². The number of hydrogen-bond acceptors (Lipinski definition) is 2. The first-order valence-corrected chi connectivity index (χ1v) is 5.68. The third-order valence-electron chi connectivity index (χ3n) is 2.82. The van der Waals surface area contributed by atoms with Crippen molar-refractivity contribution in [2.75, 3.05) is 19.6 Å². The Labute approximate surface area is 82.5 Å². The van der Waals surface area contributed by atoms with Crippen molar-refractivity contribution < 1.29 is 0 Å². The third-order valence-corrected chi connectivity index (χ3v) is 2.82. The predicted octanol–water partition coefficient (Wildman–Crippen LogP) is 1.85. The second-order valence-corrected chi connectivity index (χ2v) is 4.53. The van der Waals surface area contributed by atoms with Crippen molar-refractivity contribution in [3.05, 3.63) is 0 Å². The Bertz CT molecular complexity index is 130. The highest BCUT2D eigenvalue weighted by atomic mass is 15.1. The van der Waals surface area contributed by atoms with Gasteiger partial charge in [0.2, 0.25) is 0 Å². The van der Waals surface area contributed by atoms with Gasteiger partial charge >= 0.3 is 0 Å². The van der Waals surface area contributed by atoms with E-state index in [1.165, 1.54) is 38.8 Å². The molecule has 2 nitrogen and oxygen atoms in total. The SMILES string of the molecule is CC(C)N(CCCCN)CC1CC1. The van der Waals surface area contributed by atoms with Gasteiger partial charge in [-0.15, -0.1) is 0 Å². The predicted molar refractivity (Wildman–Crippen MR) is 57.7 cm³/mol. The molecule has 1 saturated carbocycles. The second kappa shape index (κ2) is 5.61. The zero-order chi connectivity index (χ0) is 9.68. The van der Waals surface area contributed by atoms with Crippen LogP contribution in [0.2, 0.25) is 0 Å². The molecule has 0 aromatic rings. The number of rotatable bonds is 7. The molecule has 0 saturated heterocycles. The Morgan fingerprint density at radius 1 is 1.31 bits per heavy atom. The van der Waals surface area contributed by atoms with Gasteiger partial charge in [0.15, 0.2) is 0 Å². The van der Waals surface area contributed by atoms with Crippen molar-refractivity contribution in [2.45, 2.75) is 45.6 Å². The Kier molecular flexibility index (Phi) is 4.74. The van der Waals surface area contributed by atoms with E-state index in [1.54, 1.807) is 0 Å². The summed E-state index contributed by atoms with van der Waals surface area (Å²) in [7, 11) is 0. The summed E-state index contributed by atoms with van der Waals surface area (Å²) in [5.41, 5.74) is 5.49. The van der Waals surface area contributed by atoms with Gasteiger partial charge in [-0.3, -0.25) is 0 Å². The molecule has 1 aliphatic carbocycles. The van der Waals surface area contributed by atoms with Crippen molar-refractivity contribution in [1.82, 2.24) is 4.90 Å². The molecule has 0 heterocycles. The minimum atomic E-state index is 0.707. The van der Waals surface area contributed by atoms with Gasteiger partial charge in [0.1, 0.15) is 0 Å². The number of unbranched alkanes of at least 4 members (excludes halogenated alkanes) is 1. The molecule has 0 radical (unpaired) electrons. The van der Waals surface area contributed by atoms with Crippen molar-refractivity contribution in [3.8, 4) is 0 Å². The maximum atomic E-state index is 5.49. The summed E-state index contributed by atoms with van der Waals surface area (Å²) >= 11 is 0. The summed E-state index contributed by atoms with van der Waals surface area (Å²) in [5, 5.41) is 0. The molecular formula is C11H24N2. The number of hydrogen-bond donors (Lipinski definition) is 1. The third kappa shape index (κ3) is 4.63. The summed E-state index contributed by atoms with van der Waals surface area (Å²) in [5.74, 6) is 1.01. The van der Waals surface area contributed by atoms with E-state index in [9.17, 15) is 0 Å². The first kappa shape index (κ1) is 11.0. The molecule has 0 aromatic carbocycles. The van der Waals surface area contributed by atoms with Crippen molar-refractivity contribution >= 4 is 0 Å². The lowest BCUT2D eigenvalue weighted by Gasteiger charge is -2.26. The lowest BCUT2D eigenvalue weighted by molar-refractivity contribution is 0.209. The number of nitrogens with zero attached hydrogens (tertiary/aromatic N) is 1. The van der Waals surface area contributed by atoms with Crippen LogP contribution in [0.4, 0.5) is 0 Å². The Balaban J connectivity index is 2.12. The Morgan fingerprint density at radius 3 is 2.46 bits per heavy atom. The maximum Gasteiger partial charge on any atom is 0.00387 e. The van der Waals surface area contributed by atoms with Gasteiger partial charge in [0, 0.05) is 12.6 Å². The van der Waals surface area contributed by atoms with Gasteiger partial charge in [-0.05, 0) is 58.5 Å². The van der Waals surface area contributed by atoms with Gasteiger partial charge in [-0.1, -0.05) is 0 Å². The molecule has 78 valence electrons. The van der Waals surface area contributed by atoms with E-state index >= 15 is 0 Å². The van der Waals surface area contributed by atoms with Crippen LogP contribution in [-0.4, -0.2) is 30.6 Å². The molecule has 0 bridgehead atoms. The van der Waals surface area contributed by atoms with Crippen LogP contribution in [0.5, 0.6) is 0 Å². The minimum absolute atomic E-state index is 0.707. The lowest BCUT2D eigenvalue weighted by atomic mass is 10.2. The van der Waals surface area contributed by atoms with Gasteiger partial charge in [-0.2, -0.15) is 0 Å². The monoisotopic (exact) mass is 184 g/mol. The van der Waals surface area contributed by atoms with Crippen LogP contribution in [-0.2, 0) is 0 Å². The average Bonchev–Trinajstić information content (AvgIpc) is 2.86. The first-order chi connectivity index (χ1) is 6.24. The van der Waals surface area contributed by atoms with Gasteiger partial charge < -0.3 is 10.6 Å². The van der Waals surface area contributed by atoms with Crippen molar-refractivity contribution in [2.24, 2.45) is 11.7 Å². The van der Waals surface area contributed by atoms with E-state index in [1.807, 2.05) is 0 Å². The van der Waals surface area contributed by atoms with Crippen LogP contribution >= 0.6 is 0 Å². The molecule has 1 rings (SSSR count). The van der Waals surface area contributed by atoms with Crippen LogP contribution in [0.15, 0.2) is 0 Å². The smallest absolute Gasteiger partial charge is 0.00387 e. The average molecular weight is 184 g/mol. The van der Waals surface area contributed by atoms with Gasteiger partial charge in [-0.25, -0.2) is 0 Å². The summed E-state index contributed by atoms with van der Waals surface area (Å²) < 4.78 is 0. The Hall–Kier alpha value is -0.0800. The van der Waals surface area contributed by atoms with Crippen molar-refractivity contribution in [3.63, 3.8) is 0 Å². The van der Waals surface area contributed by atoms with Crippen LogP contribution in [0.3, 0.4) is 0 Å². The molecule has 0 spiro atoms. The van der Waals surface area contributed by atoms with E-state index in [2.05, 4.69) is 18.7 Å². The summed E-state index contributed by atoms with van der Waals surface area (Å²) in [4.78, 5) is 2.60. The fraction of sp³-hybridized carbons (Fsp3) is 1.00. The van der Waals surface area contributed by atoms with Crippen LogP contribution < -0.4 is 5.73 Å². The second-order valence-electron chi connectivity index (χ2n) is 4.53. The summed E-state index contributed by atoms with van der Waals surface area (Å²) in [6.45, 7) is 8.00. The van der Waals surface area contributed by atoms with E-state index in [0.29, 0.717) is 6.04 Å². The Morgan fingerprint density at radius 2 is 2.00 bits per heavy atom. The van der Waals surface area contributed by atoms with E-state index in [0.717, 1.165) is 12.5 Å². The van der Waals surface area contributed by atoms with Gasteiger partial charge in [0.25, 0.3) is 0 Å². The molecule has 1 fully saturated rings. The highest BCUT2D eigenvalue weighted by molar-refractivity contribution is 4.78. The topological polar surface area (TPSA) is 29.3 Å². The molecule has 0 aliphatic heterocycles. The summed E-state index contributed by atoms with van der Waals surface area (Å²) in [6, 6.07) is 0.707. The molecular weight excluding hydrogens is 160 g/mol. The van der Waals surface area contributed by atoms with Crippen LogP contribution in [0, 0.1) is 5.92 Å². The molecule has 0 unspecified atom stereocenters. The molecule has 0 aromatic heterocycles. The van der Waals surface area contributed by atoms with E-state index in [4.69, 9.17) is 5.73 Å². The quantitative estimate of drug-likeness (QED) is 0.612. The molecule has 1 aliphatic rings. The maximum absolute atomic E-state index is 5.49. The fourth-order valence-electron chi connectivity index (χ4n) is 1.65. The van der Waals surface area contributed by atoms with E-state index in [-0.39, 0.29) is 0 Å². The molecule has 2 heteroatoms. The highest BCUT2D eigenvalue weighted by Crippen LogP contribution is 2.30. The van der Waals surface area contributed by atoms with Crippen LogP contribution in [0.1, 0.15) is 39.5 Å². The normalized spacial score (nSPS) is 17.3. The molecule has 2 N–H and O–H groups in total. The largest absolute Gasteiger partial charge is 0.330 e. The standard InChI is InChI=1S/C11H24N2/c1-10(2)13(8-4-3-7-12)9-11-5-6-11/h10-11H,3-9,12H2,1-2H3. The lowest BCUT2D eigenvalue weighted by Crippen LogP contribution is -2.33.